The molecule has 0 bridgehead atoms. The topological polar surface area (TPSA) is 26.3 Å². The van der Waals surface area contributed by atoms with E-state index in [4.69, 9.17) is 4.74 Å². The first kappa shape index (κ1) is 15.3. The Morgan fingerprint density at radius 3 is 2.44 bits per heavy atom. The fourth-order valence-electron chi connectivity index (χ4n) is 2.71. The number of carbonyl (C=O) groups is 1. The Morgan fingerprint density at radius 1 is 1.22 bits per heavy atom. The van der Waals surface area contributed by atoms with Crippen LogP contribution in [0.5, 0.6) is 0 Å². The van der Waals surface area contributed by atoms with E-state index in [9.17, 15) is 4.79 Å². The smallest absolute Gasteiger partial charge is 0.330 e. The summed E-state index contributed by atoms with van der Waals surface area (Å²) < 4.78 is 5.24. The zero-order valence-corrected chi connectivity index (χ0v) is 11.9. The third-order valence-corrected chi connectivity index (χ3v) is 4.16. The number of esters is 1. The molecular formula is C16H28O2. The summed E-state index contributed by atoms with van der Waals surface area (Å²) in [6.45, 7) is 6.29. The molecule has 0 heterocycles. The van der Waals surface area contributed by atoms with Crippen molar-refractivity contribution in [2.24, 2.45) is 5.41 Å². The summed E-state index contributed by atoms with van der Waals surface area (Å²) in [6.07, 6.45) is 14.3. The maximum atomic E-state index is 11.1. The molecule has 1 rings (SSSR count). The van der Waals surface area contributed by atoms with E-state index in [1.807, 2.05) is 0 Å². The van der Waals surface area contributed by atoms with E-state index in [1.165, 1.54) is 70.3 Å². The molecule has 0 unspecified atom stereocenters. The van der Waals surface area contributed by atoms with Crippen molar-refractivity contribution in [3.8, 4) is 0 Å². The van der Waals surface area contributed by atoms with Crippen LogP contribution >= 0.6 is 0 Å². The van der Waals surface area contributed by atoms with Crippen molar-refractivity contribution in [3.05, 3.63) is 12.7 Å². The Kier molecular flexibility index (Phi) is 7.07. The second-order valence-electron chi connectivity index (χ2n) is 5.68. The van der Waals surface area contributed by atoms with Gasteiger partial charge in [-0.05, 0) is 19.3 Å². The molecule has 0 radical (unpaired) electrons. The van der Waals surface area contributed by atoms with Crippen LogP contribution in [-0.4, -0.2) is 12.6 Å². The largest absolute Gasteiger partial charge is 0.462 e. The summed E-state index contributed by atoms with van der Waals surface area (Å²) >= 11 is 0. The molecule has 1 aliphatic rings. The van der Waals surface area contributed by atoms with Crippen molar-refractivity contribution in [2.75, 3.05) is 6.61 Å². The third kappa shape index (κ3) is 5.24. The Balaban J connectivity index is 2.12. The van der Waals surface area contributed by atoms with Crippen LogP contribution in [0.3, 0.4) is 0 Å². The standard InChI is InChI=1S/C16H28O2/c1-3-5-6-7-8-9-11-16(12-10-13-16)14-18-15(17)4-2/h4H,2-3,5-14H2,1H3. The van der Waals surface area contributed by atoms with Crippen molar-refractivity contribution in [1.82, 2.24) is 0 Å². The fraction of sp³-hybridized carbons (Fsp3) is 0.812. The van der Waals surface area contributed by atoms with E-state index in [0.29, 0.717) is 12.0 Å². The van der Waals surface area contributed by atoms with Crippen molar-refractivity contribution in [3.63, 3.8) is 0 Å². The van der Waals surface area contributed by atoms with Crippen LogP contribution in [0.25, 0.3) is 0 Å². The van der Waals surface area contributed by atoms with Gasteiger partial charge in [0, 0.05) is 11.5 Å². The number of ether oxygens (including phenoxy) is 1. The van der Waals surface area contributed by atoms with Crippen LogP contribution < -0.4 is 0 Å². The Labute approximate surface area is 112 Å². The van der Waals surface area contributed by atoms with Gasteiger partial charge >= 0.3 is 5.97 Å². The molecule has 0 aromatic rings. The Bertz CT molecular complexity index is 254. The predicted molar refractivity (Wildman–Crippen MR) is 75.4 cm³/mol. The molecule has 1 aliphatic carbocycles. The normalized spacial score (nSPS) is 16.9. The summed E-state index contributed by atoms with van der Waals surface area (Å²) in [4.78, 5) is 11.1. The first-order chi connectivity index (χ1) is 8.72. The zero-order chi connectivity index (χ0) is 13.3. The van der Waals surface area contributed by atoms with Crippen molar-refractivity contribution >= 4 is 5.97 Å². The van der Waals surface area contributed by atoms with Gasteiger partial charge in [0.1, 0.15) is 0 Å². The molecule has 0 aromatic carbocycles. The lowest BCUT2D eigenvalue weighted by Crippen LogP contribution is -2.35. The lowest BCUT2D eigenvalue weighted by Gasteiger charge is -2.41. The van der Waals surface area contributed by atoms with Gasteiger partial charge < -0.3 is 4.74 Å². The Hall–Kier alpha value is -0.790. The minimum absolute atomic E-state index is 0.274. The molecule has 1 fully saturated rings. The average Bonchev–Trinajstić information content (AvgIpc) is 2.34. The van der Waals surface area contributed by atoms with Gasteiger partial charge in [-0.2, -0.15) is 0 Å². The lowest BCUT2D eigenvalue weighted by atomic mass is 9.66. The molecule has 0 atom stereocenters. The van der Waals surface area contributed by atoms with Gasteiger partial charge in [0.25, 0.3) is 0 Å². The van der Waals surface area contributed by atoms with Crippen LogP contribution in [0.1, 0.15) is 71.1 Å². The first-order valence-electron chi connectivity index (χ1n) is 7.52. The summed E-state index contributed by atoms with van der Waals surface area (Å²) in [6, 6.07) is 0. The molecule has 0 spiro atoms. The molecular weight excluding hydrogens is 224 g/mol. The maximum Gasteiger partial charge on any atom is 0.330 e. The number of carbonyl (C=O) groups excluding carboxylic acids is 1. The van der Waals surface area contributed by atoms with E-state index in [1.54, 1.807) is 0 Å². The number of hydrogen-bond donors (Lipinski definition) is 0. The number of hydrogen-bond acceptors (Lipinski definition) is 2. The molecule has 0 aromatic heterocycles. The Morgan fingerprint density at radius 2 is 1.89 bits per heavy atom. The summed E-state index contributed by atoms with van der Waals surface area (Å²) in [5, 5.41) is 0. The minimum atomic E-state index is -0.274. The maximum absolute atomic E-state index is 11.1. The second-order valence-corrected chi connectivity index (χ2v) is 5.68. The third-order valence-electron chi connectivity index (χ3n) is 4.16. The van der Waals surface area contributed by atoms with E-state index in [2.05, 4.69) is 13.5 Å². The average molecular weight is 252 g/mol. The molecule has 104 valence electrons. The van der Waals surface area contributed by atoms with Gasteiger partial charge in [-0.25, -0.2) is 4.79 Å². The molecule has 2 heteroatoms. The molecule has 0 aliphatic heterocycles. The highest BCUT2D eigenvalue weighted by atomic mass is 16.5. The SMILES string of the molecule is C=CC(=O)OCC1(CCCCCCCC)CCC1. The highest BCUT2D eigenvalue weighted by Gasteiger charge is 2.37. The van der Waals surface area contributed by atoms with Gasteiger partial charge in [0.15, 0.2) is 0 Å². The monoisotopic (exact) mass is 252 g/mol. The van der Waals surface area contributed by atoms with Gasteiger partial charge in [-0.15, -0.1) is 0 Å². The summed E-state index contributed by atoms with van der Waals surface area (Å²) in [5.41, 5.74) is 0.309. The van der Waals surface area contributed by atoms with Crippen molar-refractivity contribution < 1.29 is 9.53 Å². The molecule has 1 saturated carbocycles. The minimum Gasteiger partial charge on any atom is -0.462 e. The molecule has 0 N–H and O–H groups in total. The number of unbranched alkanes of at least 4 members (excludes halogenated alkanes) is 5. The summed E-state index contributed by atoms with van der Waals surface area (Å²) in [7, 11) is 0. The predicted octanol–water partition coefficient (Wildman–Crippen LogP) is 4.64. The summed E-state index contributed by atoms with van der Waals surface area (Å²) in [5.74, 6) is -0.274. The lowest BCUT2D eigenvalue weighted by molar-refractivity contribution is -0.143. The van der Waals surface area contributed by atoms with E-state index >= 15 is 0 Å². The molecule has 18 heavy (non-hydrogen) atoms. The highest BCUT2D eigenvalue weighted by molar-refractivity contribution is 5.81. The van der Waals surface area contributed by atoms with Crippen LogP contribution in [0.15, 0.2) is 12.7 Å². The molecule has 2 nitrogen and oxygen atoms in total. The van der Waals surface area contributed by atoms with E-state index < -0.39 is 0 Å². The van der Waals surface area contributed by atoms with Gasteiger partial charge in [0.05, 0.1) is 6.61 Å². The number of rotatable bonds is 10. The van der Waals surface area contributed by atoms with Crippen LogP contribution in [-0.2, 0) is 9.53 Å². The van der Waals surface area contributed by atoms with Crippen molar-refractivity contribution in [2.45, 2.75) is 71.1 Å². The van der Waals surface area contributed by atoms with Gasteiger partial charge in [-0.3, -0.25) is 0 Å². The quantitative estimate of drug-likeness (QED) is 0.322. The van der Waals surface area contributed by atoms with E-state index in [-0.39, 0.29) is 5.97 Å². The second kappa shape index (κ2) is 8.34. The van der Waals surface area contributed by atoms with Crippen LogP contribution in [0, 0.1) is 5.41 Å². The van der Waals surface area contributed by atoms with E-state index in [0.717, 1.165) is 0 Å². The van der Waals surface area contributed by atoms with Crippen LogP contribution in [0.4, 0.5) is 0 Å². The molecule has 0 amide bonds. The highest BCUT2D eigenvalue weighted by Crippen LogP contribution is 2.45. The fourth-order valence-corrected chi connectivity index (χ4v) is 2.71. The van der Waals surface area contributed by atoms with Gasteiger partial charge in [0.2, 0.25) is 0 Å². The zero-order valence-electron chi connectivity index (χ0n) is 11.9. The van der Waals surface area contributed by atoms with Crippen LogP contribution in [0.2, 0.25) is 0 Å². The first-order valence-corrected chi connectivity index (χ1v) is 7.52. The molecule has 0 saturated heterocycles. The van der Waals surface area contributed by atoms with Crippen molar-refractivity contribution in [1.29, 1.82) is 0 Å². The van der Waals surface area contributed by atoms with Gasteiger partial charge in [-0.1, -0.05) is 58.4 Å².